The van der Waals surface area contributed by atoms with E-state index < -0.39 is 31.5 Å². The molecule has 0 radical (unpaired) electrons. The average Bonchev–Trinajstić information content (AvgIpc) is 3.04. The van der Waals surface area contributed by atoms with Crippen LogP contribution in [-0.4, -0.2) is 55.3 Å². The largest absolute Gasteiger partial charge is 0.411 e. The highest BCUT2D eigenvalue weighted by molar-refractivity contribution is 6.74. The molecule has 0 spiro atoms. The number of aliphatic hydroxyl groups is 2. The van der Waals surface area contributed by atoms with Gasteiger partial charge in [-0.15, -0.1) is 0 Å². The molecular weight excluding hydrogens is 432 g/mol. The minimum Gasteiger partial charge on any atom is -0.411 e. The van der Waals surface area contributed by atoms with Crippen LogP contribution in [0.2, 0.25) is 18.1 Å². The second kappa shape index (κ2) is 8.40. The number of ether oxygens (including phenoxy) is 1. The van der Waals surface area contributed by atoms with Crippen molar-refractivity contribution >= 4 is 14.1 Å². The number of fused-ring (bicyclic) bond motifs is 2. The highest BCUT2D eigenvalue weighted by Crippen LogP contribution is 2.61. The third-order valence-corrected chi connectivity index (χ3v) is 14.9. The third-order valence-electron chi connectivity index (χ3n) is 10.4. The fraction of sp³-hybridized carbons (Fsp3) is 0.963. The SMILES string of the molecule is CO[C@@H]1[C@H]2C[C@@](C)(O)[C@@H](O[Si](C)(C)C(C)(C)C)C[C@H]3C(C)(C)C[C@H](O)[C@@]3(C)C(=O)[C@H]2C[C@H]1C. The van der Waals surface area contributed by atoms with E-state index in [1.807, 2.05) is 13.8 Å². The second-order valence-corrected chi connectivity index (χ2v) is 19.0. The Balaban J connectivity index is 2.16. The molecule has 0 heterocycles. The van der Waals surface area contributed by atoms with Crippen LogP contribution in [0.5, 0.6) is 0 Å². The lowest BCUT2D eigenvalue weighted by atomic mass is 9.64. The van der Waals surface area contributed by atoms with E-state index in [0.717, 1.165) is 6.42 Å². The third kappa shape index (κ3) is 4.41. The number of methoxy groups -OCH3 is 1. The summed E-state index contributed by atoms with van der Waals surface area (Å²) in [5, 5.41) is 23.4. The first-order chi connectivity index (χ1) is 14.8. The molecule has 192 valence electrons. The van der Waals surface area contributed by atoms with Crippen molar-refractivity contribution < 1.29 is 24.2 Å². The monoisotopic (exact) mass is 482 g/mol. The maximum Gasteiger partial charge on any atom is 0.192 e. The van der Waals surface area contributed by atoms with Crippen molar-refractivity contribution in [2.24, 2.45) is 34.5 Å². The predicted molar refractivity (Wildman–Crippen MR) is 134 cm³/mol. The fourth-order valence-corrected chi connectivity index (χ4v) is 8.72. The Labute approximate surface area is 203 Å². The molecule has 3 aliphatic carbocycles. The van der Waals surface area contributed by atoms with Gasteiger partial charge in [0.15, 0.2) is 8.32 Å². The maximum atomic E-state index is 14.3. The average molecular weight is 483 g/mol. The van der Waals surface area contributed by atoms with Gasteiger partial charge in [-0.05, 0) is 80.8 Å². The molecule has 0 amide bonds. The van der Waals surface area contributed by atoms with Gasteiger partial charge in [-0.1, -0.05) is 41.5 Å². The first-order valence-electron chi connectivity index (χ1n) is 12.9. The zero-order chi connectivity index (χ0) is 25.4. The lowest BCUT2D eigenvalue weighted by Gasteiger charge is -2.47. The molecule has 0 saturated heterocycles. The molecule has 6 heteroatoms. The van der Waals surface area contributed by atoms with Crippen LogP contribution >= 0.6 is 0 Å². The number of hydrogen-bond donors (Lipinski definition) is 2. The van der Waals surface area contributed by atoms with Crippen molar-refractivity contribution in [3.8, 4) is 0 Å². The molecule has 33 heavy (non-hydrogen) atoms. The van der Waals surface area contributed by atoms with Crippen LogP contribution in [0.3, 0.4) is 0 Å². The number of ketones is 1. The molecule has 0 aromatic carbocycles. The Kier molecular flexibility index (Phi) is 6.95. The van der Waals surface area contributed by atoms with Gasteiger partial charge in [0.25, 0.3) is 0 Å². The molecule has 5 nitrogen and oxygen atoms in total. The summed E-state index contributed by atoms with van der Waals surface area (Å²) in [4.78, 5) is 14.3. The molecule has 2 N–H and O–H groups in total. The van der Waals surface area contributed by atoms with Gasteiger partial charge >= 0.3 is 0 Å². The van der Waals surface area contributed by atoms with E-state index >= 15 is 0 Å². The van der Waals surface area contributed by atoms with Gasteiger partial charge in [0.2, 0.25) is 0 Å². The summed E-state index contributed by atoms with van der Waals surface area (Å²) in [7, 11) is -0.477. The summed E-state index contributed by atoms with van der Waals surface area (Å²) in [6.45, 7) is 21.5. The predicted octanol–water partition coefficient (Wildman–Crippen LogP) is 5.19. The van der Waals surface area contributed by atoms with Gasteiger partial charge in [0.05, 0.1) is 29.3 Å². The number of aliphatic hydroxyl groups excluding tert-OH is 1. The zero-order valence-electron chi connectivity index (χ0n) is 23.0. The lowest BCUT2D eigenvalue weighted by molar-refractivity contribution is -0.142. The fourth-order valence-electron chi connectivity index (χ4n) is 7.31. The van der Waals surface area contributed by atoms with Crippen molar-refractivity contribution in [1.29, 1.82) is 0 Å². The van der Waals surface area contributed by atoms with E-state index in [0.29, 0.717) is 19.3 Å². The highest BCUT2D eigenvalue weighted by Gasteiger charge is 2.64. The molecule has 0 aromatic heterocycles. The summed E-state index contributed by atoms with van der Waals surface area (Å²) in [5.41, 5.74) is -2.15. The summed E-state index contributed by atoms with van der Waals surface area (Å²) >= 11 is 0. The van der Waals surface area contributed by atoms with Crippen molar-refractivity contribution in [2.45, 2.75) is 123 Å². The van der Waals surface area contributed by atoms with E-state index in [1.54, 1.807) is 7.11 Å². The van der Waals surface area contributed by atoms with E-state index in [-0.39, 0.29) is 46.0 Å². The summed E-state index contributed by atoms with van der Waals surface area (Å²) < 4.78 is 12.9. The van der Waals surface area contributed by atoms with Crippen LogP contribution in [0.25, 0.3) is 0 Å². The molecule has 0 unspecified atom stereocenters. The van der Waals surface area contributed by atoms with Gasteiger partial charge in [-0.2, -0.15) is 0 Å². The van der Waals surface area contributed by atoms with Crippen LogP contribution in [0.15, 0.2) is 0 Å². The number of hydrogen-bond acceptors (Lipinski definition) is 5. The summed E-state index contributed by atoms with van der Waals surface area (Å²) in [6, 6.07) is 0. The minimum atomic E-state index is -2.20. The first kappa shape index (κ1) is 27.3. The molecule has 3 aliphatic rings. The lowest BCUT2D eigenvalue weighted by Crippen LogP contribution is -2.54. The number of carbonyl (C=O) groups is 1. The van der Waals surface area contributed by atoms with Crippen molar-refractivity contribution in [3.63, 3.8) is 0 Å². The maximum absolute atomic E-state index is 14.3. The van der Waals surface area contributed by atoms with E-state index in [2.05, 4.69) is 54.6 Å². The Morgan fingerprint density at radius 2 is 1.64 bits per heavy atom. The smallest absolute Gasteiger partial charge is 0.192 e. The summed E-state index contributed by atoms with van der Waals surface area (Å²) in [5.74, 6) is 0.0521. The van der Waals surface area contributed by atoms with Gasteiger partial charge in [0, 0.05) is 13.0 Å². The molecule has 0 aromatic rings. The minimum absolute atomic E-state index is 0.00477. The van der Waals surface area contributed by atoms with E-state index in [9.17, 15) is 15.0 Å². The molecular formula is C27H50O5Si. The standard InChI is InChI=1S/C27H50O5Si/c1-16-12-17-18(22(16)31-9)14-26(7,30)21(32-33(10,11)24(2,3)4)13-19-25(5,6)15-20(28)27(19,8)23(17)29/h16-22,28,30H,12-15H2,1-11H3/t16-,17+,18+,19+,20+,21+,22+,26-,27+/m1/s1. The van der Waals surface area contributed by atoms with Gasteiger partial charge in [-0.3, -0.25) is 4.79 Å². The molecule has 3 fully saturated rings. The topological polar surface area (TPSA) is 76.0 Å². The number of rotatable bonds is 3. The Bertz CT molecular complexity index is 754. The van der Waals surface area contributed by atoms with Crippen molar-refractivity contribution in [2.75, 3.05) is 7.11 Å². The highest BCUT2D eigenvalue weighted by atomic mass is 28.4. The van der Waals surface area contributed by atoms with Crippen molar-refractivity contribution in [1.82, 2.24) is 0 Å². The number of carbonyl (C=O) groups excluding carboxylic acids is 1. The normalized spacial score (nSPS) is 46.3. The van der Waals surface area contributed by atoms with Crippen LogP contribution < -0.4 is 0 Å². The van der Waals surface area contributed by atoms with Gasteiger partial charge in [-0.25, -0.2) is 0 Å². The Morgan fingerprint density at radius 3 is 2.15 bits per heavy atom. The Hall–Kier alpha value is -0.273. The van der Waals surface area contributed by atoms with Crippen molar-refractivity contribution in [3.05, 3.63) is 0 Å². The first-order valence-corrected chi connectivity index (χ1v) is 15.9. The van der Waals surface area contributed by atoms with Crippen LogP contribution in [0, 0.1) is 34.5 Å². The Morgan fingerprint density at radius 1 is 1.06 bits per heavy atom. The van der Waals surface area contributed by atoms with Crippen LogP contribution in [0.4, 0.5) is 0 Å². The van der Waals surface area contributed by atoms with E-state index in [4.69, 9.17) is 9.16 Å². The second-order valence-electron chi connectivity index (χ2n) is 14.3. The van der Waals surface area contributed by atoms with Gasteiger partial charge < -0.3 is 19.4 Å². The molecule has 3 saturated carbocycles. The molecule has 0 bridgehead atoms. The van der Waals surface area contributed by atoms with Gasteiger partial charge in [0.1, 0.15) is 5.78 Å². The summed E-state index contributed by atoms with van der Waals surface area (Å²) in [6.07, 6.45) is 1.25. The molecule has 3 rings (SSSR count). The molecule has 9 atom stereocenters. The molecule has 0 aliphatic heterocycles. The van der Waals surface area contributed by atoms with E-state index in [1.165, 1.54) is 0 Å². The zero-order valence-corrected chi connectivity index (χ0v) is 24.0. The number of Topliss-reactive ketones (excluding diaryl/α,β-unsaturated/α-hetero) is 1. The van der Waals surface area contributed by atoms with Crippen LogP contribution in [0.1, 0.15) is 81.1 Å². The quantitative estimate of drug-likeness (QED) is 0.541. The van der Waals surface area contributed by atoms with Crippen LogP contribution in [-0.2, 0) is 14.0 Å².